The Balaban J connectivity index is 1.76. The Labute approximate surface area is 142 Å². The Morgan fingerprint density at radius 1 is 1.17 bits per heavy atom. The van der Waals surface area contributed by atoms with Crippen molar-refractivity contribution < 1.29 is 14.6 Å². The predicted molar refractivity (Wildman–Crippen MR) is 93.9 cm³/mol. The number of hydrogen-bond donors (Lipinski definition) is 2. The number of hydrogen-bond acceptors (Lipinski definition) is 4. The number of benzene rings is 2. The molecule has 0 saturated carbocycles. The third-order valence-corrected chi connectivity index (χ3v) is 4.91. The maximum Gasteiger partial charge on any atom is 0.309 e. The zero-order chi connectivity index (χ0) is 17.3. The van der Waals surface area contributed by atoms with Gasteiger partial charge in [-0.15, -0.1) is 0 Å². The number of esters is 1. The van der Waals surface area contributed by atoms with Gasteiger partial charge in [-0.05, 0) is 61.1 Å². The van der Waals surface area contributed by atoms with Crippen LogP contribution in [0.1, 0.15) is 34.6 Å². The first-order chi connectivity index (χ1) is 11.4. The number of cyclic esters (lactones) is 1. The molecule has 0 spiro atoms. The number of phenols is 1. The number of carbonyl (C=O) groups is 1. The van der Waals surface area contributed by atoms with E-state index in [2.05, 4.69) is 32.0 Å². The average Bonchev–Trinajstić information content (AvgIpc) is 2.56. The molecule has 2 aromatic rings. The number of nitrogens with two attached hydrogens (primary N) is 1. The molecule has 0 aliphatic carbocycles. The van der Waals surface area contributed by atoms with Gasteiger partial charge in [-0.1, -0.05) is 24.3 Å². The highest BCUT2D eigenvalue weighted by molar-refractivity contribution is 5.74. The lowest BCUT2D eigenvalue weighted by atomic mass is 9.83. The highest BCUT2D eigenvalue weighted by Gasteiger charge is 2.31. The highest BCUT2D eigenvalue weighted by Crippen LogP contribution is 2.33. The number of nitrogen functional groups attached to an aromatic ring is 1. The first-order valence-corrected chi connectivity index (χ1v) is 8.25. The Bertz CT molecular complexity index is 769. The van der Waals surface area contributed by atoms with Crippen molar-refractivity contribution in [3.63, 3.8) is 0 Å². The lowest BCUT2D eigenvalue weighted by Gasteiger charge is -2.29. The van der Waals surface area contributed by atoms with Gasteiger partial charge in [-0.25, -0.2) is 0 Å². The molecule has 2 unspecified atom stereocenters. The topological polar surface area (TPSA) is 72.5 Å². The Morgan fingerprint density at radius 3 is 2.67 bits per heavy atom. The minimum Gasteiger partial charge on any atom is -0.506 e. The van der Waals surface area contributed by atoms with Gasteiger partial charge in [0.15, 0.2) is 0 Å². The highest BCUT2D eigenvalue weighted by atomic mass is 16.5. The molecular weight excluding hydrogens is 302 g/mol. The molecule has 126 valence electrons. The molecule has 4 heteroatoms. The van der Waals surface area contributed by atoms with E-state index in [1.807, 2.05) is 0 Å². The van der Waals surface area contributed by atoms with Gasteiger partial charge >= 0.3 is 5.97 Å². The van der Waals surface area contributed by atoms with Crippen LogP contribution in [-0.2, 0) is 16.0 Å². The number of anilines is 1. The predicted octanol–water partition coefficient (Wildman–Crippen LogP) is 3.48. The van der Waals surface area contributed by atoms with E-state index in [4.69, 9.17) is 10.5 Å². The summed E-state index contributed by atoms with van der Waals surface area (Å²) in [5.74, 6) is -0.0459. The summed E-state index contributed by atoms with van der Waals surface area (Å²) in [7, 11) is 0. The van der Waals surface area contributed by atoms with Crippen molar-refractivity contribution in [1.29, 1.82) is 0 Å². The third kappa shape index (κ3) is 3.37. The van der Waals surface area contributed by atoms with Gasteiger partial charge in [-0.3, -0.25) is 4.79 Å². The standard InChI is InChI=1S/C20H23NO3/c1-12-3-5-15(7-13(12)2)17-10-16(20(23)24-11-17)8-14-4-6-19(22)18(21)9-14/h3-7,9,16-17,22H,8,10-11,21H2,1-2H3. The zero-order valence-corrected chi connectivity index (χ0v) is 14.1. The average molecular weight is 325 g/mol. The first kappa shape index (κ1) is 16.4. The van der Waals surface area contributed by atoms with Crippen LogP contribution in [0, 0.1) is 19.8 Å². The van der Waals surface area contributed by atoms with E-state index in [0.29, 0.717) is 18.7 Å². The van der Waals surface area contributed by atoms with Crippen LogP contribution in [0.5, 0.6) is 5.75 Å². The number of ether oxygens (including phenoxy) is 1. The van der Waals surface area contributed by atoms with Crippen LogP contribution in [0.25, 0.3) is 0 Å². The summed E-state index contributed by atoms with van der Waals surface area (Å²) in [6, 6.07) is 11.5. The second-order valence-corrected chi connectivity index (χ2v) is 6.70. The molecule has 1 heterocycles. The van der Waals surface area contributed by atoms with Crippen LogP contribution in [0.15, 0.2) is 36.4 Å². The molecule has 4 nitrogen and oxygen atoms in total. The zero-order valence-electron chi connectivity index (χ0n) is 14.1. The van der Waals surface area contributed by atoms with Crippen LogP contribution in [-0.4, -0.2) is 17.7 Å². The smallest absolute Gasteiger partial charge is 0.309 e. The number of aromatic hydroxyl groups is 1. The fourth-order valence-corrected chi connectivity index (χ4v) is 3.24. The molecule has 1 aliphatic rings. The molecule has 0 amide bonds. The fourth-order valence-electron chi connectivity index (χ4n) is 3.24. The van der Waals surface area contributed by atoms with Gasteiger partial charge in [0.2, 0.25) is 0 Å². The van der Waals surface area contributed by atoms with E-state index in [1.165, 1.54) is 16.7 Å². The van der Waals surface area contributed by atoms with Gasteiger partial charge in [0.1, 0.15) is 5.75 Å². The number of carbonyl (C=O) groups excluding carboxylic acids is 1. The molecular formula is C20H23NO3. The molecule has 0 radical (unpaired) electrons. The van der Waals surface area contributed by atoms with Gasteiger partial charge in [-0.2, -0.15) is 0 Å². The minimum atomic E-state index is -0.186. The van der Waals surface area contributed by atoms with Crippen molar-refractivity contribution >= 4 is 11.7 Å². The summed E-state index contributed by atoms with van der Waals surface area (Å²) in [5.41, 5.74) is 10.8. The summed E-state index contributed by atoms with van der Waals surface area (Å²) in [5, 5.41) is 9.52. The molecule has 24 heavy (non-hydrogen) atoms. The molecule has 1 saturated heterocycles. The number of rotatable bonds is 3. The third-order valence-electron chi connectivity index (χ3n) is 4.91. The van der Waals surface area contributed by atoms with Crippen LogP contribution >= 0.6 is 0 Å². The lowest BCUT2D eigenvalue weighted by Crippen LogP contribution is -2.31. The number of phenolic OH excluding ortho intramolecular Hbond substituents is 1. The van der Waals surface area contributed by atoms with Crippen molar-refractivity contribution in [2.45, 2.75) is 32.6 Å². The first-order valence-electron chi connectivity index (χ1n) is 8.25. The van der Waals surface area contributed by atoms with Crippen molar-refractivity contribution in [3.8, 4) is 5.75 Å². The van der Waals surface area contributed by atoms with E-state index >= 15 is 0 Å². The minimum absolute atomic E-state index is 0.0676. The maximum atomic E-state index is 12.1. The molecule has 2 aromatic carbocycles. The van der Waals surface area contributed by atoms with Gasteiger partial charge in [0.05, 0.1) is 18.2 Å². The fraction of sp³-hybridized carbons (Fsp3) is 0.350. The van der Waals surface area contributed by atoms with Gasteiger partial charge in [0.25, 0.3) is 0 Å². The van der Waals surface area contributed by atoms with E-state index in [-0.39, 0.29) is 23.6 Å². The van der Waals surface area contributed by atoms with Gasteiger partial charge < -0.3 is 15.6 Å². The van der Waals surface area contributed by atoms with Crippen LogP contribution in [0.4, 0.5) is 5.69 Å². The summed E-state index contributed by atoms with van der Waals surface area (Å²) >= 11 is 0. The van der Waals surface area contributed by atoms with E-state index in [0.717, 1.165) is 12.0 Å². The van der Waals surface area contributed by atoms with Crippen LogP contribution in [0.3, 0.4) is 0 Å². The Hall–Kier alpha value is -2.49. The maximum absolute atomic E-state index is 12.1. The van der Waals surface area contributed by atoms with Crippen LogP contribution in [0.2, 0.25) is 0 Å². The van der Waals surface area contributed by atoms with Gasteiger partial charge in [0, 0.05) is 5.92 Å². The SMILES string of the molecule is Cc1ccc(C2COC(=O)C(Cc3ccc(O)c(N)c3)C2)cc1C. The molecule has 1 fully saturated rings. The normalized spacial score (nSPS) is 20.7. The summed E-state index contributed by atoms with van der Waals surface area (Å²) in [4.78, 5) is 12.1. The van der Waals surface area contributed by atoms with E-state index < -0.39 is 0 Å². The van der Waals surface area contributed by atoms with Crippen molar-refractivity contribution in [3.05, 3.63) is 58.7 Å². The number of aryl methyl sites for hydroxylation is 2. The Kier molecular flexibility index (Phi) is 4.47. The van der Waals surface area contributed by atoms with Crippen molar-refractivity contribution in [1.82, 2.24) is 0 Å². The second kappa shape index (κ2) is 6.56. The quantitative estimate of drug-likeness (QED) is 0.515. The molecule has 3 N–H and O–H groups in total. The summed E-state index contributed by atoms with van der Waals surface area (Å²) in [6.07, 6.45) is 1.34. The van der Waals surface area contributed by atoms with Crippen molar-refractivity contribution in [2.75, 3.05) is 12.3 Å². The second-order valence-electron chi connectivity index (χ2n) is 6.70. The van der Waals surface area contributed by atoms with E-state index in [9.17, 15) is 9.90 Å². The summed E-state index contributed by atoms with van der Waals surface area (Å²) in [6.45, 7) is 4.64. The van der Waals surface area contributed by atoms with Crippen LogP contribution < -0.4 is 5.73 Å². The largest absolute Gasteiger partial charge is 0.506 e. The van der Waals surface area contributed by atoms with E-state index in [1.54, 1.807) is 18.2 Å². The lowest BCUT2D eigenvalue weighted by molar-refractivity contribution is -0.154. The molecule has 0 aromatic heterocycles. The molecule has 2 atom stereocenters. The molecule has 1 aliphatic heterocycles. The summed E-state index contributed by atoms with van der Waals surface area (Å²) < 4.78 is 5.43. The monoisotopic (exact) mass is 325 g/mol. The van der Waals surface area contributed by atoms with Crippen molar-refractivity contribution in [2.24, 2.45) is 5.92 Å². The molecule has 3 rings (SSSR count). The Morgan fingerprint density at radius 2 is 1.96 bits per heavy atom. The molecule has 0 bridgehead atoms.